The number of hydrogen-bond acceptors (Lipinski definition) is 4. The van der Waals surface area contributed by atoms with Crippen LogP contribution in [0.2, 0.25) is 0 Å². The Morgan fingerprint density at radius 3 is 2.46 bits per heavy atom. The summed E-state index contributed by atoms with van der Waals surface area (Å²) in [6.07, 6.45) is 0. The highest BCUT2D eigenvalue weighted by Gasteiger charge is 2.21. The fourth-order valence-electron chi connectivity index (χ4n) is 2.03. The van der Waals surface area contributed by atoms with Crippen LogP contribution in [0.25, 0.3) is 0 Å². The van der Waals surface area contributed by atoms with E-state index >= 15 is 0 Å². The van der Waals surface area contributed by atoms with Crippen LogP contribution in [0.3, 0.4) is 0 Å². The molecule has 7 heteroatoms. The highest BCUT2D eigenvalue weighted by molar-refractivity contribution is 7.89. The van der Waals surface area contributed by atoms with Gasteiger partial charge < -0.3 is 5.32 Å². The summed E-state index contributed by atoms with van der Waals surface area (Å²) >= 11 is 0. The van der Waals surface area contributed by atoms with Crippen molar-refractivity contribution in [2.75, 3.05) is 14.2 Å². The molecule has 0 unspecified atom stereocenters. The SMILES string of the molecule is CON(C)S(=O)(=O)c1cccc(C(=O)NCc2ccc(C)cc2)c1. The first kappa shape index (κ1) is 18.1. The maximum atomic E-state index is 12.3. The molecule has 0 aromatic heterocycles. The molecule has 2 rings (SSSR count). The molecule has 0 saturated heterocycles. The Hall–Kier alpha value is -2.22. The monoisotopic (exact) mass is 348 g/mol. The van der Waals surface area contributed by atoms with Crippen molar-refractivity contribution in [1.82, 2.24) is 9.79 Å². The van der Waals surface area contributed by atoms with Gasteiger partial charge in [0.1, 0.15) is 0 Å². The third-order valence-corrected chi connectivity index (χ3v) is 5.24. The number of sulfonamides is 1. The fourth-order valence-corrected chi connectivity index (χ4v) is 3.05. The molecule has 0 aliphatic rings. The van der Waals surface area contributed by atoms with Crippen LogP contribution in [-0.2, 0) is 21.4 Å². The van der Waals surface area contributed by atoms with Crippen LogP contribution in [0.5, 0.6) is 0 Å². The lowest BCUT2D eigenvalue weighted by molar-refractivity contribution is -0.0258. The molecule has 2 aromatic rings. The molecule has 0 bridgehead atoms. The van der Waals surface area contributed by atoms with Gasteiger partial charge in [0, 0.05) is 19.2 Å². The van der Waals surface area contributed by atoms with Crippen LogP contribution >= 0.6 is 0 Å². The minimum Gasteiger partial charge on any atom is -0.348 e. The summed E-state index contributed by atoms with van der Waals surface area (Å²) in [6, 6.07) is 13.6. The zero-order valence-electron chi connectivity index (χ0n) is 13.8. The minimum atomic E-state index is -3.79. The third-order valence-electron chi connectivity index (χ3n) is 3.56. The van der Waals surface area contributed by atoms with Crippen molar-refractivity contribution in [1.29, 1.82) is 0 Å². The maximum Gasteiger partial charge on any atom is 0.264 e. The van der Waals surface area contributed by atoms with E-state index in [1.165, 1.54) is 32.4 Å². The van der Waals surface area contributed by atoms with E-state index in [1.54, 1.807) is 6.07 Å². The van der Waals surface area contributed by atoms with Crippen LogP contribution < -0.4 is 5.32 Å². The fraction of sp³-hybridized carbons (Fsp3) is 0.235. The molecule has 128 valence electrons. The van der Waals surface area contributed by atoms with Crippen LogP contribution in [0.15, 0.2) is 53.4 Å². The zero-order valence-corrected chi connectivity index (χ0v) is 14.6. The van der Waals surface area contributed by atoms with E-state index in [0.29, 0.717) is 6.54 Å². The van der Waals surface area contributed by atoms with Crippen molar-refractivity contribution >= 4 is 15.9 Å². The number of carbonyl (C=O) groups is 1. The average Bonchev–Trinajstić information content (AvgIpc) is 2.60. The number of aryl methyl sites for hydroxylation is 1. The summed E-state index contributed by atoms with van der Waals surface area (Å²) in [5.74, 6) is -0.340. The van der Waals surface area contributed by atoms with Crippen LogP contribution in [-0.4, -0.2) is 33.0 Å². The molecular weight excluding hydrogens is 328 g/mol. The molecule has 1 amide bonds. The smallest absolute Gasteiger partial charge is 0.264 e. The largest absolute Gasteiger partial charge is 0.348 e. The summed E-state index contributed by atoms with van der Waals surface area (Å²) in [4.78, 5) is 17.0. The van der Waals surface area contributed by atoms with E-state index < -0.39 is 10.0 Å². The molecule has 0 saturated carbocycles. The van der Waals surface area contributed by atoms with Crippen molar-refractivity contribution in [3.8, 4) is 0 Å². The molecule has 0 spiro atoms. The van der Waals surface area contributed by atoms with Crippen LogP contribution in [0.4, 0.5) is 0 Å². The van der Waals surface area contributed by atoms with E-state index in [9.17, 15) is 13.2 Å². The van der Waals surface area contributed by atoms with Crippen LogP contribution in [0.1, 0.15) is 21.5 Å². The molecule has 0 aliphatic heterocycles. The molecule has 6 nitrogen and oxygen atoms in total. The molecule has 1 N–H and O–H groups in total. The second-order valence-corrected chi connectivity index (χ2v) is 7.23. The molecule has 0 atom stereocenters. The summed E-state index contributed by atoms with van der Waals surface area (Å²) in [6.45, 7) is 2.36. The van der Waals surface area contributed by atoms with Gasteiger partial charge in [0.05, 0.1) is 12.0 Å². The Bertz CT molecular complexity index is 817. The van der Waals surface area contributed by atoms with Crippen molar-refractivity contribution in [2.45, 2.75) is 18.4 Å². The topological polar surface area (TPSA) is 75.7 Å². The summed E-state index contributed by atoms with van der Waals surface area (Å²) in [7, 11) is -1.24. The highest BCUT2D eigenvalue weighted by Crippen LogP contribution is 2.16. The molecular formula is C17H20N2O4S. The zero-order chi connectivity index (χ0) is 17.7. The van der Waals surface area contributed by atoms with E-state index in [0.717, 1.165) is 15.6 Å². The summed E-state index contributed by atoms with van der Waals surface area (Å²) in [5, 5.41) is 2.78. The summed E-state index contributed by atoms with van der Waals surface area (Å²) < 4.78 is 25.2. The predicted octanol–water partition coefficient (Wildman–Crippen LogP) is 2.11. The Morgan fingerprint density at radius 1 is 1.17 bits per heavy atom. The van der Waals surface area contributed by atoms with E-state index in [2.05, 4.69) is 5.32 Å². The first-order chi connectivity index (χ1) is 11.3. The lowest BCUT2D eigenvalue weighted by Crippen LogP contribution is -2.27. The van der Waals surface area contributed by atoms with E-state index in [1.807, 2.05) is 31.2 Å². The molecule has 0 fully saturated rings. The lowest BCUT2D eigenvalue weighted by Gasteiger charge is -2.14. The Kier molecular flexibility index (Phi) is 5.71. The van der Waals surface area contributed by atoms with Gasteiger partial charge in [0.25, 0.3) is 15.9 Å². The number of amides is 1. The molecule has 0 radical (unpaired) electrons. The second-order valence-electron chi connectivity index (χ2n) is 5.29. The van der Waals surface area contributed by atoms with Gasteiger partial charge in [-0.15, -0.1) is 0 Å². The van der Waals surface area contributed by atoms with Crippen molar-refractivity contribution in [3.05, 3.63) is 65.2 Å². The van der Waals surface area contributed by atoms with Gasteiger partial charge in [-0.2, -0.15) is 0 Å². The quantitative estimate of drug-likeness (QED) is 0.811. The van der Waals surface area contributed by atoms with Gasteiger partial charge in [-0.3, -0.25) is 9.63 Å². The lowest BCUT2D eigenvalue weighted by atomic mass is 10.1. The number of benzene rings is 2. The van der Waals surface area contributed by atoms with Gasteiger partial charge in [-0.25, -0.2) is 8.42 Å². The molecule has 2 aromatic carbocycles. The number of nitrogens with one attached hydrogen (secondary N) is 1. The summed E-state index contributed by atoms with van der Waals surface area (Å²) in [5.41, 5.74) is 2.38. The van der Waals surface area contributed by atoms with Gasteiger partial charge in [-0.1, -0.05) is 40.4 Å². The second kappa shape index (κ2) is 7.57. The van der Waals surface area contributed by atoms with E-state index in [4.69, 9.17) is 4.84 Å². The maximum absolute atomic E-state index is 12.3. The van der Waals surface area contributed by atoms with Crippen molar-refractivity contribution < 1.29 is 18.0 Å². The van der Waals surface area contributed by atoms with Crippen molar-refractivity contribution in [2.24, 2.45) is 0 Å². The molecule has 0 heterocycles. The van der Waals surface area contributed by atoms with Gasteiger partial charge in [-0.05, 0) is 30.7 Å². The molecule has 24 heavy (non-hydrogen) atoms. The van der Waals surface area contributed by atoms with Crippen molar-refractivity contribution in [3.63, 3.8) is 0 Å². The minimum absolute atomic E-state index is 0.00478. The van der Waals surface area contributed by atoms with Crippen LogP contribution in [0, 0.1) is 6.92 Å². The van der Waals surface area contributed by atoms with E-state index in [-0.39, 0.29) is 16.4 Å². The highest BCUT2D eigenvalue weighted by atomic mass is 32.2. The first-order valence-corrected chi connectivity index (χ1v) is 8.75. The number of carbonyl (C=O) groups excluding carboxylic acids is 1. The number of hydrogen-bond donors (Lipinski definition) is 1. The number of rotatable bonds is 6. The Labute approximate surface area is 142 Å². The Morgan fingerprint density at radius 2 is 1.83 bits per heavy atom. The normalized spacial score (nSPS) is 11.5. The Balaban J connectivity index is 2.13. The third kappa shape index (κ3) is 4.19. The first-order valence-electron chi connectivity index (χ1n) is 7.31. The van der Waals surface area contributed by atoms with Gasteiger partial charge in [0.2, 0.25) is 0 Å². The predicted molar refractivity (Wildman–Crippen MR) is 90.7 cm³/mol. The number of nitrogens with zero attached hydrogens (tertiary/aromatic N) is 1. The molecule has 0 aliphatic carbocycles. The standard InChI is InChI=1S/C17H20N2O4S/c1-13-7-9-14(10-8-13)12-18-17(20)15-5-4-6-16(11-15)24(21,22)19(2)23-3/h4-11H,12H2,1-3H3,(H,18,20). The van der Waals surface area contributed by atoms with Gasteiger partial charge in [0.15, 0.2) is 0 Å². The average molecular weight is 348 g/mol. The number of hydroxylamine groups is 1. The van der Waals surface area contributed by atoms with Gasteiger partial charge >= 0.3 is 0 Å².